The normalized spacial score (nSPS) is 11.3. The molecule has 0 atom stereocenters. The van der Waals surface area contributed by atoms with Gasteiger partial charge in [0.15, 0.2) is 15.0 Å². The minimum atomic E-state index is -3.18. The van der Waals surface area contributed by atoms with Crippen molar-refractivity contribution in [3.63, 3.8) is 0 Å². The maximum absolute atomic E-state index is 11.4. The van der Waals surface area contributed by atoms with E-state index in [0.717, 1.165) is 4.90 Å². The SMILES string of the molecule is COc1nc(Sc2ccc(S(C)(=O)=O)cc2)ncc1Br. The second-order valence-corrected chi connectivity index (χ2v) is 7.77. The molecule has 1 aromatic heterocycles. The largest absolute Gasteiger partial charge is 0.480 e. The van der Waals surface area contributed by atoms with Gasteiger partial charge >= 0.3 is 0 Å². The fourth-order valence-corrected chi connectivity index (χ4v) is 3.09. The Kier molecular flexibility index (Phi) is 4.66. The Morgan fingerprint density at radius 3 is 2.45 bits per heavy atom. The average Bonchev–Trinajstić information content (AvgIpc) is 2.40. The van der Waals surface area contributed by atoms with Crippen molar-refractivity contribution in [2.24, 2.45) is 0 Å². The summed E-state index contributed by atoms with van der Waals surface area (Å²) in [7, 11) is -1.65. The summed E-state index contributed by atoms with van der Waals surface area (Å²) in [6.07, 6.45) is 2.79. The zero-order valence-corrected chi connectivity index (χ0v) is 13.9. The van der Waals surface area contributed by atoms with Gasteiger partial charge in [0.25, 0.3) is 0 Å². The molecule has 0 fully saturated rings. The summed E-state index contributed by atoms with van der Waals surface area (Å²) >= 11 is 4.61. The van der Waals surface area contributed by atoms with Gasteiger partial charge in [-0.1, -0.05) is 0 Å². The van der Waals surface area contributed by atoms with Crippen molar-refractivity contribution in [1.82, 2.24) is 9.97 Å². The van der Waals surface area contributed by atoms with Gasteiger partial charge in [0.2, 0.25) is 5.88 Å². The number of rotatable bonds is 4. The number of ether oxygens (including phenoxy) is 1. The summed E-state index contributed by atoms with van der Waals surface area (Å²) in [5.74, 6) is 0.454. The van der Waals surface area contributed by atoms with Gasteiger partial charge in [0.05, 0.1) is 16.5 Å². The molecule has 106 valence electrons. The van der Waals surface area contributed by atoms with Crippen molar-refractivity contribution in [3.05, 3.63) is 34.9 Å². The lowest BCUT2D eigenvalue weighted by Crippen LogP contribution is -1.96. The molecule has 0 aliphatic heterocycles. The van der Waals surface area contributed by atoms with Crippen LogP contribution in [0.5, 0.6) is 5.88 Å². The van der Waals surface area contributed by atoms with Gasteiger partial charge in [-0.25, -0.2) is 13.4 Å². The Morgan fingerprint density at radius 1 is 1.25 bits per heavy atom. The van der Waals surface area contributed by atoms with Crippen LogP contribution in [-0.4, -0.2) is 31.8 Å². The van der Waals surface area contributed by atoms with Gasteiger partial charge in [0, 0.05) is 17.3 Å². The smallest absolute Gasteiger partial charge is 0.231 e. The van der Waals surface area contributed by atoms with Crippen molar-refractivity contribution in [1.29, 1.82) is 0 Å². The van der Waals surface area contributed by atoms with Crippen LogP contribution in [0.15, 0.2) is 49.9 Å². The van der Waals surface area contributed by atoms with Crippen LogP contribution in [0.3, 0.4) is 0 Å². The van der Waals surface area contributed by atoms with Crippen molar-refractivity contribution in [3.8, 4) is 5.88 Å². The molecule has 1 aromatic carbocycles. The van der Waals surface area contributed by atoms with Crippen LogP contribution in [0.25, 0.3) is 0 Å². The molecule has 0 saturated carbocycles. The van der Waals surface area contributed by atoms with E-state index in [4.69, 9.17) is 4.74 Å². The highest BCUT2D eigenvalue weighted by atomic mass is 79.9. The van der Waals surface area contributed by atoms with Gasteiger partial charge in [-0.15, -0.1) is 0 Å². The molecule has 0 aliphatic rings. The number of nitrogens with zero attached hydrogens (tertiary/aromatic N) is 2. The number of sulfone groups is 1. The molecule has 20 heavy (non-hydrogen) atoms. The lowest BCUT2D eigenvalue weighted by molar-refractivity contribution is 0.389. The van der Waals surface area contributed by atoms with E-state index in [0.29, 0.717) is 15.5 Å². The fraction of sp³-hybridized carbons (Fsp3) is 0.167. The first-order valence-corrected chi connectivity index (χ1v) is 8.95. The number of aromatic nitrogens is 2. The van der Waals surface area contributed by atoms with Gasteiger partial charge < -0.3 is 4.74 Å². The minimum Gasteiger partial charge on any atom is -0.480 e. The topological polar surface area (TPSA) is 69.2 Å². The minimum absolute atomic E-state index is 0.288. The number of hydrogen-bond donors (Lipinski definition) is 0. The summed E-state index contributed by atoms with van der Waals surface area (Å²) in [4.78, 5) is 9.52. The summed E-state index contributed by atoms with van der Waals surface area (Å²) in [5.41, 5.74) is 0. The Morgan fingerprint density at radius 2 is 1.90 bits per heavy atom. The first-order valence-electron chi connectivity index (χ1n) is 5.44. The summed E-state index contributed by atoms with van der Waals surface area (Å²) in [6.45, 7) is 0. The molecule has 0 saturated heterocycles. The Labute approximate surface area is 129 Å². The Hall–Kier alpha value is -1.12. The molecule has 0 spiro atoms. The van der Waals surface area contributed by atoms with Crippen LogP contribution in [0.4, 0.5) is 0 Å². The molecular weight excluding hydrogens is 364 g/mol. The molecule has 2 aromatic rings. The van der Waals surface area contributed by atoms with E-state index < -0.39 is 9.84 Å². The van der Waals surface area contributed by atoms with Crippen molar-refractivity contribution < 1.29 is 13.2 Å². The molecule has 0 unspecified atom stereocenters. The van der Waals surface area contributed by atoms with Gasteiger partial charge in [0.1, 0.15) is 0 Å². The predicted molar refractivity (Wildman–Crippen MR) is 80.0 cm³/mol. The van der Waals surface area contributed by atoms with Crippen LogP contribution in [-0.2, 0) is 9.84 Å². The molecule has 0 aliphatic carbocycles. The highest BCUT2D eigenvalue weighted by Gasteiger charge is 2.09. The van der Waals surface area contributed by atoms with Gasteiger partial charge in [-0.2, -0.15) is 4.98 Å². The van der Waals surface area contributed by atoms with Crippen LogP contribution < -0.4 is 4.74 Å². The van der Waals surface area contributed by atoms with Gasteiger partial charge in [-0.3, -0.25) is 0 Å². The molecule has 0 radical (unpaired) electrons. The lowest BCUT2D eigenvalue weighted by Gasteiger charge is -2.05. The van der Waals surface area contributed by atoms with Crippen LogP contribution >= 0.6 is 27.7 Å². The number of benzene rings is 1. The standard InChI is InChI=1S/C12H11BrN2O3S2/c1-18-11-10(13)7-14-12(15-11)19-8-3-5-9(6-4-8)20(2,16)17/h3-7H,1-2H3. The third-order valence-corrected chi connectivity index (χ3v) is 4.90. The lowest BCUT2D eigenvalue weighted by atomic mass is 10.4. The maximum Gasteiger partial charge on any atom is 0.231 e. The summed E-state index contributed by atoms with van der Waals surface area (Å²) < 4.78 is 28.5. The van der Waals surface area contributed by atoms with E-state index in [1.165, 1.54) is 25.1 Å². The molecular formula is C12H11BrN2O3S2. The molecule has 0 bridgehead atoms. The van der Waals surface area contributed by atoms with E-state index in [1.54, 1.807) is 30.5 Å². The van der Waals surface area contributed by atoms with Crippen molar-refractivity contribution in [2.45, 2.75) is 14.9 Å². The molecule has 2 rings (SSSR count). The van der Waals surface area contributed by atoms with E-state index in [-0.39, 0.29) is 4.90 Å². The van der Waals surface area contributed by atoms with Crippen LogP contribution in [0.1, 0.15) is 0 Å². The quantitative estimate of drug-likeness (QED) is 0.766. The first-order chi connectivity index (χ1) is 9.40. The first kappa shape index (κ1) is 15.3. The maximum atomic E-state index is 11.4. The second-order valence-electron chi connectivity index (χ2n) is 3.86. The molecule has 5 nitrogen and oxygen atoms in total. The fourth-order valence-electron chi connectivity index (χ4n) is 1.39. The van der Waals surface area contributed by atoms with E-state index in [1.807, 2.05) is 0 Å². The number of methoxy groups -OCH3 is 1. The highest BCUT2D eigenvalue weighted by molar-refractivity contribution is 9.10. The zero-order chi connectivity index (χ0) is 14.8. The average molecular weight is 375 g/mol. The van der Waals surface area contributed by atoms with Crippen LogP contribution in [0, 0.1) is 0 Å². The number of hydrogen-bond acceptors (Lipinski definition) is 6. The van der Waals surface area contributed by atoms with E-state index in [2.05, 4.69) is 25.9 Å². The monoisotopic (exact) mass is 374 g/mol. The Balaban J connectivity index is 2.22. The molecule has 8 heteroatoms. The van der Waals surface area contributed by atoms with Gasteiger partial charge in [-0.05, 0) is 52.0 Å². The molecule has 0 N–H and O–H groups in total. The summed E-state index contributed by atoms with van der Waals surface area (Å²) in [5, 5.41) is 0.525. The zero-order valence-electron chi connectivity index (χ0n) is 10.7. The van der Waals surface area contributed by atoms with E-state index >= 15 is 0 Å². The molecule has 1 heterocycles. The summed E-state index contributed by atoms with van der Waals surface area (Å²) in [6, 6.07) is 6.57. The van der Waals surface area contributed by atoms with E-state index in [9.17, 15) is 8.42 Å². The second kappa shape index (κ2) is 6.11. The Bertz CT molecular complexity index is 718. The predicted octanol–water partition coefficient (Wildman–Crippen LogP) is 2.80. The third-order valence-electron chi connectivity index (χ3n) is 2.34. The van der Waals surface area contributed by atoms with Crippen molar-refractivity contribution >= 4 is 37.5 Å². The highest BCUT2D eigenvalue weighted by Crippen LogP contribution is 2.29. The third kappa shape index (κ3) is 3.71. The van der Waals surface area contributed by atoms with Crippen LogP contribution in [0.2, 0.25) is 0 Å². The molecule has 0 amide bonds. The van der Waals surface area contributed by atoms with Crippen molar-refractivity contribution in [2.75, 3.05) is 13.4 Å². The number of halogens is 1.